The lowest BCUT2D eigenvalue weighted by atomic mass is 10.3. The van der Waals surface area contributed by atoms with Gasteiger partial charge < -0.3 is 4.42 Å². The van der Waals surface area contributed by atoms with Crippen LogP contribution in [0.4, 0.5) is 0 Å². The molecule has 0 bridgehead atoms. The first-order chi connectivity index (χ1) is 4.33. The summed E-state index contributed by atoms with van der Waals surface area (Å²) in [5.41, 5.74) is 0.843. The van der Waals surface area contributed by atoms with Gasteiger partial charge in [0, 0.05) is 5.56 Å². The van der Waals surface area contributed by atoms with Crippen molar-refractivity contribution in [1.82, 2.24) is 0 Å². The Bertz CT molecular complexity index is 180. The van der Waals surface area contributed by atoms with Gasteiger partial charge in [0.25, 0.3) is 0 Å². The third kappa shape index (κ3) is 1.55. The average Bonchev–Trinajstić information content (AvgIpc) is 2.17. The van der Waals surface area contributed by atoms with Gasteiger partial charge in [0.05, 0.1) is 6.26 Å². The summed E-state index contributed by atoms with van der Waals surface area (Å²) in [6, 6.07) is 1.80. The van der Waals surface area contributed by atoms with Crippen LogP contribution in [0.5, 0.6) is 0 Å². The molecule has 0 aliphatic rings. The van der Waals surface area contributed by atoms with Gasteiger partial charge >= 0.3 is 0 Å². The Balaban J connectivity index is 2.61. The lowest BCUT2D eigenvalue weighted by Crippen LogP contribution is -1.82. The third-order valence-corrected chi connectivity index (χ3v) is 1.02. The van der Waals surface area contributed by atoms with E-state index in [0.717, 1.165) is 11.3 Å². The van der Waals surface area contributed by atoms with Gasteiger partial charge in [0.1, 0.15) is 12.4 Å². The van der Waals surface area contributed by atoms with Crippen molar-refractivity contribution in [2.45, 2.75) is 13.5 Å². The second-order valence-electron chi connectivity index (χ2n) is 1.84. The summed E-state index contributed by atoms with van der Waals surface area (Å²) in [5.74, 6) is 0.821. The van der Waals surface area contributed by atoms with Crippen LogP contribution in [-0.2, 0) is 11.5 Å². The number of furan rings is 1. The van der Waals surface area contributed by atoms with E-state index in [0.29, 0.717) is 0 Å². The molecule has 0 atom stereocenters. The highest BCUT2D eigenvalue weighted by Gasteiger charge is 1.95. The molecule has 3 nitrogen and oxygen atoms in total. The zero-order valence-electron chi connectivity index (χ0n) is 5.13. The average molecular weight is 128 g/mol. The van der Waals surface area contributed by atoms with Crippen LogP contribution in [0.15, 0.2) is 16.7 Å². The summed E-state index contributed by atoms with van der Waals surface area (Å²) in [6.45, 7) is 2.03. The first-order valence-electron chi connectivity index (χ1n) is 2.63. The van der Waals surface area contributed by atoms with E-state index in [2.05, 4.69) is 4.89 Å². The van der Waals surface area contributed by atoms with Crippen molar-refractivity contribution >= 4 is 0 Å². The highest BCUT2D eigenvalue weighted by atomic mass is 17.1. The third-order valence-electron chi connectivity index (χ3n) is 1.02. The minimum Gasteiger partial charge on any atom is -0.469 e. The second kappa shape index (κ2) is 2.66. The summed E-state index contributed by atoms with van der Waals surface area (Å²) in [6.07, 6.45) is 1.55. The van der Waals surface area contributed by atoms with E-state index < -0.39 is 0 Å². The Kier molecular flexibility index (Phi) is 1.87. The monoisotopic (exact) mass is 128 g/mol. The van der Waals surface area contributed by atoms with Crippen LogP contribution in [0.25, 0.3) is 0 Å². The Labute approximate surface area is 52.8 Å². The molecule has 0 aliphatic carbocycles. The summed E-state index contributed by atoms with van der Waals surface area (Å²) < 4.78 is 4.93. The van der Waals surface area contributed by atoms with Crippen LogP contribution < -0.4 is 0 Å². The highest BCUT2D eigenvalue weighted by molar-refractivity contribution is 5.09. The van der Waals surface area contributed by atoms with E-state index in [1.165, 1.54) is 0 Å². The molecule has 3 heteroatoms. The number of hydrogen-bond acceptors (Lipinski definition) is 3. The fourth-order valence-corrected chi connectivity index (χ4v) is 0.648. The van der Waals surface area contributed by atoms with Crippen molar-refractivity contribution in [3.8, 4) is 0 Å². The predicted octanol–water partition coefficient (Wildman–Crippen LogP) is 1.58. The topological polar surface area (TPSA) is 42.6 Å². The van der Waals surface area contributed by atoms with Gasteiger partial charge in [-0.2, -0.15) is 0 Å². The standard InChI is InChI=1S/C6H8O3/c1-5-2-6(3-8-5)4-9-7/h2-3,7H,4H2,1H3. The summed E-state index contributed by atoms with van der Waals surface area (Å²) in [7, 11) is 0. The van der Waals surface area contributed by atoms with Gasteiger partial charge in [0.15, 0.2) is 0 Å². The zero-order valence-corrected chi connectivity index (χ0v) is 5.13. The Morgan fingerprint density at radius 2 is 2.56 bits per heavy atom. The smallest absolute Gasteiger partial charge is 0.110 e. The fourth-order valence-electron chi connectivity index (χ4n) is 0.648. The Morgan fingerprint density at radius 3 is 3.00 bits per heavy atom. The van der Waals surface area contributed by atoms with Crippen LogP contribution in [0, 0.1) is 6.92 Å². The molecule has 1 rings (SSSR count). The van der Waals surface area contributed by atoms with Crippen molar-refractivity contribution in [2.75, 3.05) is 0 Å². The number of aryl methyl sites for hydroxylation is 1. The summed E-state index contributed by atoms with van der Waals surface area (Å²) in [5, 5.41) is 7.99. The largest absolute Gasteiger partial charge is 0.469 e. The van der Waals surface area contributed by atoms with E-state index in [4.69, 9.17) is 9.67 Å². The quantitative estimate of drug-likeness (QED) is 0.485. The van der Waals surface area contributed by atoms with Crippen molar-refractivity contribution in [3.63, 3.8) is 0 Å². The van der Waals surface area contributed by atoms with Gasteiger partial charge in [-0.1, -0.05) is 0 Å². The van der Waals surface area contributed by atoms with Gasteiger partial charge in [-0.3, -0.25) is 5.26 Å². The van der Waals surface area contributed by atoms with Crippen LogP contribution in [0.1, 0.15) is 11.3 Å². The molecule has 0 spiro atoms. The molecule has 0 saturated carbocycles. The first kappa shape index (κ1) is 6.32. The van der Waals surface area contributed by atoms with Crippen molar-refractivity contribution in [2.24, 2.45) is 0 Å². The molecule has 1 N–H and O–H groups in total. The minimum absolute atomic E-state index is 0.192. The van der Waals surface area contributed by atoms with Crippen LogP contribution in [-0.4, -0.2) is 5.26 Å². The molecule has 0 aliphatic heterocycles. The first-order valence-corrected chi connectivity index (χ1v) is 2.63. The van der Waals surface area contributed by atoms with Crippen LogP contribution >= 0.6 is 0 Å². The lowest BCUT2D eigenvalue weighted by Gasteiger charge is -1.85. The fraction of sp³-hybridized carbons (Fsp3) is 0.333. The van der Waals surface area contributed by atoms with E-state index in [1.807, 2.05) is 6.92 Å². The molecule has 50 valence electrons. The van der Waals surface area contributed by atoms with Gasteiger partial charge in [-0.25, -0.2) is 4.89 Å². The van der Waals surface area contributed by atoms with Crippen LogP contribution in [0.3, 0.4) is 0 Å². The van der Waals surface area contributed by atoms with Gasteiger partial charge in [-0.05, 0) is 13.0 Å². The van der Waals surface area contributed by atoms with Gasteiger partial charge in [-0.15, -0.1) is 0 Å². The molecule has 1 aromatic rings. The Hall–Kier alpha value is -0.800. The number of rotatable bonds is 2. The maximum absolute atomic E-state index is 7.99. The summed E-state index contributed by atoms with van der Waals surface area (Å²) in [4.78, 5) is 3.88. The molecule has 0 radical (unpaired) electrons. The molecule has 0 amide bonds. The molecule has 1 aromatic heterocycles. The van der Waals surface area contributed by atoms with E-state index in [9.17, 15) is 0 Å². The molecule has 9 heavy (non-hydrogen) atoms. The normalized spacial score (nSPS) is 10.0. The maximum Gasteiger partial charge on any atom is 0.110 e. The van der Waals surface area contributed by atoms with Gasteiger partial charge in [0.2, 0.25) is 0 Å². The number of hydrogen-bond donors (Lipinski definition) is 1. The summed E-state index contributed by atoms with van der Waals surface area (Å²) >= 11 is 0. The lowest BCUT2D eigenvalue weighted by molar-refractivity contribution is -0.253. The van der Waals surface area contributed by atoms with E-state index >= 15 is 0 Å². The SMILES string of the molecule is Cc1cc(COO)co1. The molecule has 1 heterocycles. The molecular weight excluding hydrogens is 120 g/mol. The van der Waals surface area contributed by atoms with Crippen LogP contribution in [0.2, 0.25) is 0 Å². The molecule has 0 aromatic carbocycles. The van der Waals surface area contributed by atoms with E-state index in [1.54, 1.807) is 12.3 Å². The maximum atomic E-state index is 7.99. The van der Waals surface area contributed by atoms with E-state index in [-0.39, 0.29) is 6.61 Å². The molecular formula is C6H8O3. The molecule has 0 unspecified atom stereocenters. The van der Waals surface area contributed by atoms with Crippen molar-refractivity contribution in [1.29, 1.82) is 0 Å². The second-order valence-corrected chi connectivity index (χ2v) is 1.84. The predicted molar refractivity (Wildman–Crippen MR) is 30.9 cm³/mol. The van der Waals surface area contributed by atoms with Crippen molar-refractivity contribution < 1.29 is 14.6 Å². The minimum atomic E-state index is 0.192. The van der Waals surface area contributed by atoms with Crippen molar-refractivity contribution in [3.05, 3.63) is 23.7 Å². The zero-order chi connectivity index (χ0) is 6.69. The Morgan fingerprint density at radius 1 is 1.78 bits per heavy atom. The highest BCUT2D eigenvalue weighted by Crippen LogP contribution is 2.05. The molecule has 0 saturated heterocycles. The molecule has 0 fully saturated rings.